The van der Waals surface area contributed by atoms with Gasteiger partial charge in [-0.25, -0.2) is 4.79 Å². The van der Waals surface area contributed by atoms with E-state index in [0.717, 1.165) is 35.1 Å². The summed E-state index contributed by atoms with van der Waals surface area (Å²) < 4.78 is 10.9. The van der Waals surface area contributed by atoms with Crippen LogP contribution in [0, 0.1) is 5.92 Å². The van der Waals surface area contributed by atoms with Gasteiger partial charge in [-0.05, 0) is 28.7 Å². The summed E-state index contributed by atoms with van der Waals surface area (Å²) in [7, 11) is 1.44. The molecular weight excluding hydrogens is 448 g/mol. The van der Waals surface area contributed by atoms with Crippen LogP contribution in [-0.2, 0) is 19.1 Å². The Labute approximate surface area is 205 Å². The van der Waals surface area contributed by atoms with Gasteiger partial charge in [0.1, 0.15) is 18.6 Å². The number of aliphatic carboxylic acids is 1. The molecule has 4 rings (SSSR count). The lowest BCUT2D eigenvalue weighted by Crippen LogP contribution is -2.48. The van der Waals surface area contributed by atoms with Gasteiger partial charge in [-0.3, -0.25) is 9.59 Å². The number of nitrogens with zero attached hydrogens (tertiary/aromatic N) is 1. The second-order valence-electron chi connectivity index (χ2n) is 9.13. The van der Waals surface area contributed by atoms with Gasteiger partial charge in [0.25, 0.3) is 0 Å². The number of methoxy groups -OCH3 is 1. The summed E-state index contributed by atoms with van der Waals surface area (Å²) in [5, 5.41) is 12.2. The van der Waals surface area contributed by atoms with Crippen LogP contribution >= 0.6 is 0 Å². The van der Waals surface area contributed by atoms with E-state index >= 15 is 0 Å². The van der Waals surface area contributed by atoms with Crippen LogP contribution in [0.1, 0.15) is 43.2 Å². The Balaban J connectivity index is 1.41. The average molecular weight is 481 g/mol. The van der Waals surface area contributed by atoms with Crippen molar-refractivity contribution in [2.45, 2.75) is 44.2 Å². The normalized spacial score (nSPS) is 19.7. The van der Waals surface area contributed by atoms with Crippen molar-refractivity contribution in [1.82, 2.24) is 10.2 Å². The zero-order valence-electron chi connectivity index (χ0n) is 20.1. The fourth-order valence-electron chi connectivity index (χ4n) is 5.10. The molecule has 2 aromatic rings. The van der Waals surface area contributed by atoms with Crippen molar-refractivity contribution in [3.05, 3.63) is 59.7 Å². The third kappa shape index (κ3) is 5.17. The number of carboxylic acids is 1. The van der Waals surface area contributed by atoms with Gasteiger partial charge in [0.2, 0.25) is 5.91 Å². The van der Waals surface area contributed by atoms with Crippen LogP contribution in [0.25, 0.3) is 11.1 Å². The van der Waals surface area contributed by atoms with Crippen molar-refractivity contribution >= 4 is 18.0 Å². The number of carbonyl (C=O) groups is 3. The number of carbonyl (C=O) groups excluding carboxylic acids is 2. The van der Waals surface area contributed by atoms with Crippen LogP contribution in [0.4, 0.5) is 4.79 Å². The Morgan fingerprint density at radius 2 is 1.69 bits per heavy atom. The Kier molecular flexibility index (Phi) is 7.70. The number of amides is 2. The SMILES string of the molecule is CCCC[C@H](NC(=O)OCC1c2ccccc2-c2ccccc21)C(=O)N1CC(OC)C(C(=O)O)C1. The molecular formula is C27H32N2O6. The van der Waals surface area contributed by atoms with E-state index in [0.29, 0.717) is 6.42 Å². The minimum atomic E-state index is -0.998. The Bertz CT molecular complexity index is 1040. The number of benzene rings is 2. The van der Waals surface area contributed by atoms with Gasteiger partial charge in [0.05, 0.1) is 6.10 Å². The first-order valence-corrected chi connectivity index (χ1v) is 12.1. The van der Waals surface area contributed by atoms with E-state index in [1.54, 1.807) is 0 Å². The molecule has 0 spiro atoms. The molecule has 1 aliphatic heterocycles. The number of ether oxygens (including phenoxy) is 2. The molecule has 3 atom stereocenters. The highest BCUT2D eigenvalue weighted by molar-refractivity contribution is 5.87. The molecule has 1 saturated heterocycles. The molecule has 2 N–H and O–H groups in total. The number of alkyl carbamates (subject to hydrolysis) is 1. The van der Waals surface area contributed by atoms with Gasteiger partial charge in [0.15, 0.2) is 0 Å². The maximum absolute atomic E-state index is 13.2. The van der Waals surface area contributed by atoms with E-state index in [1.807, 2.05) is 43.3 Å². The van der Waals surface area contributed by atoms with E-state index in [-0.39, 0.29) is 31.5 Å². The van der Waals surface area contributed by atoms with Crippen molar-refractivity contribution in [2.24, 2.45) is 5.92 Å². The first kappa shape index (κ1) is 24.7. The standard InChI is InChI=1S/C27H32N2O6/c1-3-4-13-23(25(30)29-14-21(26(31)32)24(15-29)34-2)28-27(33)35-16-22-19-11-7-5-9-17(19)18-10-6-8-12-20(18)22/h5-12,21-24H,3-4,13-16H2,1-2H3,(H,28,33)(H,31,32)/t21?,23-,24?/m0/s1. The molecule has 2 aromatic carbocycles. The fraction of sp³-hybridized carbons (Fsp3) is 0.444. The number of likely N-dealkylation sites (tertiary alicyclic amines) is 1. The highest BCUT2D eigenvalue weighted by atomic mass is 16.5. The molecule has 0 bridgehead atoms. The lowest BCUT2D eigenvalue weighted by atomic mass is 9.98. The van der Waals surface area contributed by atoms with Crippen molar-refractivity contribution in [1.29, 1.82) is 0 Å². The topological polar surface area (TPSA) is 105 Å². The molecule has 2 unspecified atom stereocenters. The molecule has 2 amide bonds. The van der Waals surface area contributed by atoms with Crippen LogP contribution in [0.15, 0.2) is 48.5 Å². The molecule has 8 heteroatoms. The number of unbranched alkanes of at least 4 members (excludes halogenated alkanes) is 1. The second-order valence-corrected chi connectivity index (χ2v) is 9.13. The molecule has 0 radical (unpaired) electrons. The predicted octanol–water partition coefficient (Wildman–Crippen LogP) is 3.64. The number of hydrogen-bond donors (Lipinski definition) is 2. The minimum Gasteiger partial charge on any atom is -0.481 e. The minimum absolute atomic E-state index is 0.0572. The molecule has 186 valence electrons. The zero-order valence-corrected chi connectivity index (χ0v) is 20.1. The van der Waals surface area contributed by atoms with Crippen molar-refractivity contribution in [2.75, 3.05) is 26.8 Å². The van der Waals surface area contributed by atoms with Crippen LogP contribution in [0.5, 0.6) is 0 Å². The molecule has 1 heterocycles. The lowest BCUT2D eigenvalue weighted by Gasteiger charge is -2.24. The molecule has 35 heavy (non-hydrogen) atoms. The number of hydrogen-bond acceptors (Lipinski definition) is 5. The second kappa shape index (κ2) is 10.9. The fourth-order valence-corrected chi connectivity index (χ4v) is 5.10. The van der Waals surface area contributed by atoms with Gasteiger partial charge in [0, 0.05) is 26.1 Å². The monoisotopic (exact) mass is 480 g/mol. The average Bonchev–Trinajstić information content (AvgIpc) is 3.45. The summed E-state index contributed by atoms with van der Waals surface area (Å²) in [6.45, 7) is 2.40. The number of nitrogens with one attached hydrogen (secondary N) is 1. The van der Waals surface area contributed by atoms with Crippen LogP contribution < -0.4 is 5.32 Å². The van der Waals surface area contributed by atoms with Gasteiger partial charge in [-0.2, -0.15) is 0 Å². The molecule has 8 nitrogen and oxygen atoms in total. The van der Waals surface area contributed by atoms with E-state index in [1.165, 1.54) is 12.0 Å². The summed E-state index contributed by atoms with van der Waals surface area (Å²) in [5.41, 5.74) is 4.51. The lowest BCUT2D eigenvalue weighted by molar-refractivity contribution is -0.144. The van der Waals surface area contributed by atoms with Gasteiger partial charge >= 0.3 is 12.1 Å². The summed E-state index contributed by atoms with van der Waals surface area (Å²) in [5.74, 6) is -2.17. The first-order chi connectivity index (χ1) is 16.9. The van der Waals surface area contributed by atoms with Crippen molar-refractivity contribution < 1.29 is 29.0 Å². The number of fused-ring (bicyclic) bond motifs is 3. The Hall–Kier alpha value is -3.39. The Morgan fingerprint density at radius 3 is 2.23 bits per heavy atom. The summed E-state index contributed by atoms with van der Waals surface area (Å²) in [4.78, 5) is 39.0. The molecule has 1 fully saturated rings. The van der Waals surface area contributed by atoms with Crippen LogP contribution in [-0.4, -0.2) is 66.9 Å². The maximum atomic E-state index is 13.2. The molecule has 0 aromatic heterocycles. The number of rotatable bonds is 9. The summed E-state index contributed by atoms with van der Waals surface area (Å²) in [6, 6.07) is 15.4. The van der Waals surface area contributed by atoms with E-state index < -0.39 is 30.1 Å². The predicted molar refractivity (Wildman–Crippen MR) is 130 cm³/mol. The number of carboxylic acid groups (broad SMARTS) is 1. The maximum Gasteiger partial charge on any atom is 0.407 e. The van der Waals surface area contributed by atoms with Crippen molar-refractivity contribution in [3.63, 3.8) is 0 Å². The highest BCUT2D eigenvalue weighted by Gasteiger charge is 2.41. The third-order valence-corrected chi connectivity index (χ3v) is 6.98. The van der Waals surface area contributed by atoms with Gasteiger partial charge in [-0.1, -0.05) is 68.3 Å². The quantitative estimate of drug-likeness (QED) is 0.568. The van der Waals surface area contributed by atoms with E-state index in [2.05, 4.69) is 17.4 Å². The molecule has 2 aliphatic rings. The van der Waals surface area contributed by atoms with Crippen LogP contribution in [0.3, 0.4) is 0 Å². The van der Waals surface area contributed by atoms with Gasteiger partial charge in [-0.15, -0.1) is 0 Å². The summed E-state index contributed by atoms with van der Waals surface area (Å²) in [6.07, 6.45) is 0.820. The zero-order chi connectivity index (χ0) is 24.9. The summed E-state index contributed by atoms with van der Waals surface area (Å²) >= 11 is 0. The Morgan fingerprint density at radius 1 is 1.06 bits per heavy atom. The largest absolute Gasteiger partial charge is 0.481 e. The van der Waals surface area contributed by atoms with Gasteiger partial charge < -0.3 is 24.8 Å². The van der Waals surface area contributed by atoms with E-state index in [4.69, 9.17) is 9.47 Å². The van der Waals surface area contributed by atoms with Crippen LogP contribution in [0.2, 0.25) is 0 Å². The molecule has 1 aliphatic carbocycles. The first-order valence-electron chi connectivity index (χ1n) is 12.1. The highest BCUT2D eigenvalue weighted by Crippen LogP contribution is 2.44. The van der Waals surface area contributed by atoms with Crippen molar-refractivity contribution in [3.8, 4) is 11.1 Å². The smallest absolute Gasteiger partial charge is 0.407 e. The van der Waals surface area contributed by atoms with E-state index in [9.17, 15) is 19.5 Å². The molecule has 0 saturated carbocycles. The third-order valence-electron chi connectivity index (χ3n) is 6.98.